The zero-order valence-corrected chi connectivity index (χ0v) is 15.1. The topological polar surface area (TPSA) is 57.5 Å². The zero-order chi connectivity index (χ0) is 17.3. The minimum absolute atomic E-state index is 0.0571. The van der Waals surface area contributed by atoms with Gasteiger partial charge in [0.15, 0.2) is 5.78 Å². The highest BCUT2D eigenvalue weighted by Crippen LogP contribution is 2.66. The van der Waals surface area contributed by atoms with E-state index in [-0.39, 0.29) is 22.7 Å². The van der Waals surface area contributed by atoms with Gasteiger partial charge in [0, 0.05) is 5.41 Å². The van der Waals surface area contributed by atoms with Crippen LogP contribution in [0.15, 0.2) is 23.8 Å². The van der Waals surface area contributed by atoms with Gasteiger partial charge in [0.2, 0.25) is 0 Å². The molecule has 0 aromatic heterocycles. The van der Waals surface area contributed by atoms with Crippen molar-refractivity contribution >= 4 is 5.78 Å². The molecule has 2 fully saturated rings. The van der Waals surface area contributed by atoms with E-state index < -0.39 is 5.60 Å². The predicted molar refractivity (Wildman–Crippen MR) is 93.2 cm³/mol. The van der Waals surface area contributed by atoms with Crippen LogP contribution in [0.2, 0.25) is 0 Å². The van der Waals surface area contributed by atoms with Gasteiger partial charge in [-0.2, -0.15) is 0 Å². The number of carbonyl (C=O) groups is 1. The van der Waals surface area contributed by atoms with Gasteiger partial charge >= 0.3 is 0 Å². The fraction of sp³-hybridized carbons (Fsp3) is 0.762. The van der Waals surface area contributed by atoms with Crippen LogP contribution in [0.5, 0.6) is 0 Å². The average molecular weight is 330 g/mol. The number of Topliss-reactive ketones (excluding diaryl/α,β-unsaturated/α-hetero) is 1. The van der Waals surface area contributed by atoms with Crippen LogP contribution in [0.25, 0.3) is 0 Å². The standard InChI is InChI=1S/C21H30O3/c1-13(22)21(24)11-8-18-16-5-4-14-12-15(23)6-9-19(14,2)17(16)7-10-20(18,21)3/h4-5,12,15-18,23-24H,6-11H2,1-3H3/t15?,16-,17+,18+,19+,20+,21+/m1/s1. The molecule has 3 heteroatoms. The summed E-state index contributed by atoms with van der Waals surface area (Å²) in [6.45, 7) is 6.07. The van der Waals surface area contributed by atoms with Gasteiger partial charge in [0.05, 0.1) is 6.10 Å². The normalized spacial score (nSPS) is 53.0. The molecule has 3 nitrogen and oxygen atoms in total. The maximum absolute atomic E-state index is 12.2. The molecule has 2 saturated carbocycles. The number of fused-ring (bicyclic) bond motifs is 5. The molecule has 0 heterocycles. The maximum Gasteiger partial charge on any atom is 0.161 e. The number of ketones is 1. The summed E-state index contributed by atoms with van der Waals surface area (Å²) in [6, 6.07) is 0. The van der Waals surface area contributed by atoms with Gasteiger partial charge in [-0.3, -0.25) is 4.79 Å². The van der Waals surface area contributed by atoms with E-state index in [0.29, 0.717) is 24.2 Å². The summed E-state index contributed by atoms with van der Waals surface area (Å²) in [5, 5.41) is 21.1. The second-order valence-corrected chi connectivity index (χ2v) is 9.21. The number of hydrogen-bond acceptors (Lipinski definition) is 3. The van der Waals surface area contributed by atoms with Crippen LogP contribution in [0.1, 0.15) is 59.3 Å². The molecule has 0 radical (unpaired) electrons. The van der Waals surface area contributed by atoms with E-state index in [1.807, 2.05) is 6.08 Å². The number of aliphatic hydroxyl groups excluding tert-OH is 1. The van der Waals surface area contributed by atoms with Crippen molar-refractivity contribution in [3.8, 4) is 0 Å². The van der Waals surface area contributed by atoms with Crippen LogP contribution in [0, 0.1) is 28.6 Å². The van der Waals surface area contributed by atoms with Gasteiger partial charge in [0.1, 0.15) is 5.60 Å². The van der Waals surface area contributed by atoms with Crippen molar-refractivity contribution in [2.75, 3.05) is 0 Å². The van der Waals surface area contributed by atoms with E-state index >= 15 is 0 Å². The third-order valence-electron chi connectivity index (χ3n) is 8.37. The Kier molecular flexibility index (Phi) is 3.48. The Morgan fingerprint density at radius 3 is 2.54 bits per heavy atom. The van der Waals surface area contributed by atoms with Crippen molar-refractivity contribution in [1.29, 1.82) is 0 Å². The molecule has 1 unspecified atom stereocenters. The van der Waals surface area contributed by atoms with Gasteiger partial charge in [-0.1, -0.05) is 32.1 Å². The van der Waals surface area contributed by atoms with Crippen molar-refractivity contribution < 1.29 is 15.0 Å². The monoisotopic (exact) mass is 330 g/mol. The molecular weight excluding hydrogens is 300 g/mol. The molecular formula is C21H30O3. The summed E-state index contributed by atoms with van der Waals surface area (Å²) >= 11 is 0. The Morgan fingerprint density at radius 2 is 1.83 bits per heavy atom. The van der Waals surface area contributed by atoms with Gasteiger partial charge in [0.25, 0.3) is 0 Å². The molecule has 0 amide bonds. The summed E-state index contributed by atoms with van der Waals surface area (Å²) in [5.41, 5.74) is -0.00516. The highest BCUT2D eigenvalue weighted by molar-refractivity contribution is 5.86. The average Bonchev–Trinajstić information content (AvgIpc) is 2.81. The second-order valence-electron chi connectivity index (χ2n) is 9.21. The minimum Gasteiger partial charge on any atom is -0.389 e. The van der Waals surface area contributed by atoms with E-state index in [4.69, 9.17) is 0 Å². The number of hydrogen-bond donors (Lipinski definition) is 2. The molecule has 0 aromatic carbocycles. The van der Waals surface area contributed by atoms with E-state index in [2.05, 4.69) is 26.0 Å². The van der Waals surface area contributed by atoms with Crippen molar-refractivity contribution in [2.45, 2.75) is 71.0 Å². The Bertz CT molecular complexity index is 635. The first-order valence-corrected chi connectivity index (χ1v) is 9.54. The van der Waals surface area contributed by atoms with Crippen molar-refractivity contribution in [2.24, 2.45) is 28.6 Å². The molecule has 0 aromatic rings. The summed E-state index contributed by atoms with van der Waals surface area (Å²) in [5.74, 6) is 1.33. The predicted octanol–water partition coefficient (Wildman–Crippen LogP) is 3.41. The first kappa shape index (κ1) is 16.5. The van der Waals surface area contributed by atoms with Crippen molar-refractivity contribution in [1.82, 2.24) is 0 Å². The first-order valence-electron chi connectivity index (χ1n) is 9.54. The fourth-order valence-corrected chi connectivity index (χ4v) is 6.74. The van der Waals surface area contributed by atoms with Crippen LogP contribution < -0.4 is 0 Å². The van der Waals surface area contributed by atoms with E-state index in [1.54, 1.807) is 6.92 Å². The molecule has 24 heavy (non-hydrogen) atoms. The zero-order valence-electron chi connectivity index (χ0n) is 15.1. The highest BCUT2D eigenvalue weighted by atomic mass is 16.3. The maximum atomic E-state index is 12.2. The third-order valence-corrected chi connectivity index (χ3v) is 8.37. The molecule has 132 valence electrons. The van der Waals surface area contributed by atoms with Gasteiger partial charge < -0.3 is 10.2 Å². The van der Waals surface area contributed by atoms with Crippen LogP contribution in [-0.4, -0.2) is 27.7 Å². The quantitative estimate of drug-likeness (QED) is 0.775. The lowest BCUT2D eigenvalue weighted by molar-refractivity contribution is -0.156. The SMILES string of the molecule is CC(=O)[C@@]1(O)CC[C@H]2[C@@H]3C=CC4=CC(O)CC[C@]4(C)[C@H]3CC[C@@]21C. The molecule has 4 aliphatic carbocycles. The lowest BCUT2D eigenvalue weighted by Gasteiger charge is -2.57. The molecule has 7 atom stereocenters. The van der Waals surface area contributed by atoms with E-state index in [0.717, 1.165) is 32.1 Å². The van der Waals surface area contributed by atoms with E-state index in [9.17, 15) is 15.0 Å². The molecule has 0 saturated heterocycles. The van der Waals surface area contributed by atoms with E-state index in [1.165, 1.54) is 5.57 Å². The Morgan fingerprint density at radius 1 is 1.12 bits per heavy atom. The molecule has 0 aliphatic heterocycles. The van der Waals surface area contributed by atoms with Gasteiger partial charge in [-0.05, 0) is 74.2 Å². The Labute approximate surface area is 144 Å². The smallest absolute Gasteiger partial charge is 0.161 e. The number of rotatable bonds is 1. The summed E-state index contributed by atoms with van der Waals surface area (Å²) in [6.07, 6.45) is 11.7. The number of allylic oxidation sites excluding steroid dienone is 3. The lowest BCUT2D eigenvalue weighted by Crippen LogP contribution is -2.56. The van der Waals surface area contributed by atoms with Gasteiger partial charge in [-0.25, -0.2) is 0 Å². The Balaban J connectivity index is 1.74. The number of carbonyl (C=O) groups excluding carboxylic acids is 1. The molecule has 4 rings (SSSR count). The first-order chi connectivity index (χ1) is 11.2. The van der Waals surface area contributed by atoms with Crippen molar-refractivity contribution in [3.63, 3.8) is 0 Å². The highest BCUT2D eigenvalue weighted by Gasteiger charge is 2.64. The molecule has 2 N–H and O–H groups in total. The van der Waals surface area contributed by atoms with Crippen LogP contribution >= 0.6 is 0 Å². The number of aliphatic hydroxyl groups is 2. The lowest BCUT2D eigenvalue weighted by atomic mass is 9.48. The largest absolute Gasteiger partial charge is 0.389 e. The van der Waals surface area contributed by atoms with Crippen LogP contribution in [0.4, 0.5) is 0 Å². The Hall–Kier alpha value is -0.930. The second kappa shape index (κ2) is 5.04. The van der Waals surface area contributed by atoms with Crippen LogP contribution in [0.3, 0.4) is 0 Å². The van der Waals surface area contributed by atoms with Crippen molar-refractivity contribution in [3.05, 3.63) is 23.8 Å². The fourth-order valence-electron chi connectivity index (χ4n) is 6.74. The van der Waals surface area contributed by atoms with Crippen LogP contribution in [-0.2, 0) is 4.79 Å². The molecule has 0 spiro atoms. The molecule has 0 bridgehead atoms. The third kappa shape index (κ3) is 1.89. The van der Waals surface area contributed by atoms with Gasteiger partial charge in [-0.15, -0.1) is 0 Å². The summed E-state index contributed by atoms with van der Waals surface area (Å²) in [4.78, 5) is 12.2. The summed E-state index contributed by atoms with van der Waals surface area (Å²) < 4.78 is 0. The summed E-state index contributed by atoms with van der Waals surface area (Å²) in [7, 11) is 0. The molecule has 4 aliphatic rings. The minimum atomic E-state index is -1.14.